The molecule has 3 heterocycles. The van der Waals surface area contributed by atoms with Crippen LogP contribution in [0.4, 0.5) is 0 Å². The van der Waals surface area contributed by atoms with Gasteiger partial charge in [-0.1, -0.05) is 13.3 Å². The van der Waals surface area contributed by atoms with E-state index in [-0.39, 0.29) is 11.2 Å². The van der Waals surface area contributed by atoms with Crippen LogP contribution in [0.3, 0.4) is 0 Å². The van der Waals surface area contributed by atoms with Crippen LogP contribution in [0.5, 0.6) is 5.75 Å². The summed E-state index contributed by atoms with van der Waals surface area (Å²) in [5.41, 5.74) is 3.29. The number of piperidine rings is 1. The molecule has 1 saturated heterocycles. The van der Waals surface area contributed by atoms with Gasteiger partial charge in [0.05, 0.1) is 16.5 Å². The number of aromatic hydroxyl groups is 1. The first-order valence-corrected chi connectivity index (χ1v) is 10.8. The average molecular weight is 399 g/mol. The molecule has 1 fully saturated rings. The van der Waals surface area contributed by atoms with Gasteiger partial charge in [-0.3, -0.25) is 9.69 Å². The zero-order valence-corrected chi connectivity index (χ0v) is 17.4. The summed E-state index contributed by atoms with van der Waals surface area (Å²) in [6.45, 7) is 7.72. The monoisotopic (exact) mass is 398 g/mol. The van der Waals surface area contributed by atoms with Crippen molar-refractivity contribution >= 4 is 22.3 Å². The Morgan fingerprint density at radius 2 is 2.21 bits per heavy atom. The molecule has 1 aliphatic rings. The molecule has 0 spiro atoms. The molecule has 1 unspecified atom stereocenters. The van der Waals surface area contributed by atoms with Gasteiger partial charge in [-0.15, -0.1) is 11.3 Å². The minimum absolute atomic E-state index is 0.0850. The molecule has 0 radical (unpaired) electrons. The molecule has 0 amide bonds. The van der Waals surface area contributed by atoms with Crippen LogP contribution >= 0.6 is 11.3 Å². The molecule has 1 N–H and O–H groups in total. The first-order chi connectivity index (χ1) is 13.5. The lowest BCUT2D eigenvalue weighted by molar-refractivity contribution is 0.151. The van der Waals surface area contributed by atoms with E-state index in [1.165, 1.54) is 24.0 Å². The number of rotatable bonds is 4. The van der Waals surface area contributed by atoms with Crippen LogP contribution in [0.25, 0.3) is 21.5 Å². The molecule has 1 aromatic carbocycles. The average Bonchev–Trinajstić information content (AvgIpc) is 3.11. The van der Waals surface area contributed by atoms with Crippen LogP contribution in [0.15, 0.2) is 26.9 Å². The van der Waals surface area contributed by atoms with Crippen molar-refractivity contribution in [1.29, 1.82) is 0 Å². The number of likely N-dealkylation sites (tertiary alicyclic amines) is 1. The Bertz CT molecular complexity index is 1070. The van der Waals surface area contributed by atoms with Crippen LogP contribution < -0.4 is 5.43 Å². The standard InChI is InChI=1S/C22H26N2O3S/c1-4-15-9-16-20(26)18(22-23-13(2)12-28-22)11-27-21(16)17(19(15)25)10-24-8-6-5-7-14(24)3/h9,11-12,14,25H,4-8,10H2,1-3H3. The van der Waals surface area contributed by atoms with Crippen LogP contribution in [0, 0.1) is 6.92 Å². The molecule has 4 rings (SSSR count). The molecule has 2 aromatic heterocycles. The van der Waals surface area contributed by atoms with Crippen LogP contribution in [0.2, 0.25) is 0 Å². The van der Waals surface area contributed by atoms with Gasteiger partial charge in [0.2, 0.25) is 5.43 Å². The van der Waals surface area contributed by atoms with E-state index in [1.807, 2.05) is 19.2 Å². The zero-order chi connectivity index (χ0) is 19.8. The van der Waals surface area contributed by atoms with E-state index < -0.39 is 0 Å². The van der Waals surface area contributed by atoms with Crippen molar-refractivity contribution in [2.24, 2.45) is 0 Å². The third-order valence-electron chi connectivity index (χ3n) is 5.74. The Morgan fingerprint density at radius 1 is 1.39 bits per heavy atom. The number of phenols is 1. The van der Waals surface area contributed by atoms with Gasteiger partial charge in [-0.25, -0.2) is 4.98 Å². The minimum Gasteiger partial charge on any atom is -0.507 e. The molecule has 28 heavy (non-hydrogen) atoms. The lowest BCUT2D eigenvalue weighted by Gasteiger charge is -2.33. The first-order valence-electron chi connectivity index (χ1n) is 9.95. The normalized spacial score (nSPS) is 18.0. The highest BCUT2D eigenvalue weighted by Gasteiger charge is 2.24. The van der Waals surface area contributed by atoms with E-state index in [4.69, 9.17) is 4.42 Å². The second-order valence-corrected chi connectivity index (χ2v) is 8.54. The molecule has 1 aliphatic heterocycles. The topological polar surface area (TPSA) is 66.6 Å². The molecular weight excluding hydrogens is 372 g/mol. The predicted octanol–water partition coefficient (Wildman–Crippen LogP) is 4.87. The van der Waals surface area contributed by atoms with Crippen molar-refractivity contribution in [2.75, 3.05) is 6.54 Å². The third kappa shape index (κ3) is 3.35. The summed E-state index contributed by atoms with van der Waals surface area (Å²) in [6.07, 6.45) is 5.71. The lowest BCUT2D eigenvalue weighted by Crippen LogP contribution is -2.36. The van der Waals surface area contributed by atoms with E-state index in [9.17, 15) is 9.90 Å². The number of nitrogens with zero attached hydrogens (tertiary/aromatic N) is 2. The van der Waals surface area contributed by atoms with E-state index >= 15 is 0 Å². The highest BCUT2D eigenvalue weighted by atomic mass is 32.1. The first kappa shape index (κ1) is 19.2. The number of hydrogen-bond acceptors (Lipinski definition) is 6. The molecule has 148 valence electrons. The summed E-state index contributed by atoms with van der Waals surface area (Å²) in [7, 11) is 0. The van der Waals surface area contributed by atoms with Gasteiger partial charge in [-0.2, -0.15) is 0 Å². The van der Waals surface area contributed by atoms with Crippen molar-refractivity contribution in [3.63, 3.8) is 0 Å². The summed E-state index contributed by atoms with van der Waals surface area (Å²) in [6, 6.07) is 2.24. The number of thiazole rings is 1. The molecule has 0 saturated carbocycles. The maximum absolute atomic E-state index is 13.2. The zero-order valence-electron chi connectivity index (χ0n) is 16.6. The maximum Gasteiger partial charge on any atom is 0.202 e. The summed E-state index contributed by atoms with van der Waals surface area (Å²) >= 11 is 1.44. The highest BCUT2D eigenvalue weighted by Crippen LogP contribution is 2.34. The van der Waals surface area contributed by atoms with Crippen LogP contribution in [0.1, 0.15) is 49.9 Å². The smallest absolute Gasteiger partial charge is 0.202 e. The van der Waals surface area contributed by atoms with Crippen LogP contribution in [-0.2, 0) is 13.0 Å². The third-order valence-corrected chi connectivity index (χ3v) is 6.74. The van der Waals surface area contributed by atoms with E-state index in [0.29, 0.717) is 40.5 Å². The van der Waals surface area contributed by atoms with E-state index in [2.05, 4.69) is 16.8 Å². The largest absolute Gasteiger partial charge is 0.507 e. The fourth-order valence-corrected chi connectivity index (χ4v) is 4.83. The van der Waals surface area contributed by atoms with Gasteiger partial charge in [0, 0.05) is 23.7 Å². The molecule has 1 atom stereocenters. The number of benzene rings is 1. The fraction of sp³-hybridized carbons (Fsp3) is 0.455. The SMILES string of the molecule is CCc1cc2c(=O)c(-c3nc(C)cs3)coc2c(CN2CCCCC2C)c1O. The van der Waals surface area contributed by atoms with Crippen molar-refractivity contribution in [1.82, 2.24) is 9.88 Å². The molecule has 6 heteroatoms. The van der Waals surface area contributed by atoms with Gasteiger partial charge < -0.3 is 9.52 Å². The van der Waals surface area contributed by atoms with Crippen molar-refractivity contribution < 1.29 is 9.52 Å². The maximum atomic E-state index is 13.2. The lowest BCUT2D eigenvalue weighted by atomic mass is 9.98. The van der Waals surface area contributed by atoms with E-state index in [1.54, 1.807) is 6.07 Å². The van der Waals surface area contributed by atoms with Crippen molar-refractivity contribution in [2.45, 2.75) is 59.0 Å². The predicted molar refractivity (Wildman–Crippen MR) is 113 cm³/mol. The van der Waals surface area contributed by atoms with Crippen LogP contribution in [-0.4, -0.2) is 27.6 Å². The van der Waals surface area contributed by atoms with E-state index in [0.717, 1.165) is 36.2 Å². The second-order valence-electron chi connectivity index (χ2n) is 7.68. The quantitative estimate of drug-likeness (QED) is 0.679. The highest BCUT2D eigenvalue weighted by molar-refractivity contribution is 7.13. The number of fused-ring (bicyclic) bond motifs is 1. The molecular formula is C22H26N2O3S. The summed E-state index contributed by atoms with van der Waals surface area (Å²) in [4.78, 5) is 20.0. The Morgan fingerprint density at radius 3 is 2.89 bits per heavy atom. The Kier molecular flexibility index (Phi) is 5.25. The van der Waals surface area contributed by atoms with Gasteiger partial charge in [-0.05, 0) is 51.3 Å². The number of aromatic nitrogens is 1. The Labute approximate surface area is 168 Å². The van der Waals surface area contributed by atoms with Crippen molar-refractivity contribution in [3.8, 4) is 16.3 Å². The Hall–Kier alpha value is -2.18. The van der Waals surface area contributed by atoms with Gasteiger partial charge >= 0.3 is 0 Å². The summed E-state index contributed by atoms with van der Waals surface area (Å²) < 4.78 is 5.96. The minimum atomic E-state index is -0.0850. The second kappa shape index (κ2) is 7.68. The number of aryl methyl sites for hydroxylation is 2. The summed E-state index contributed by atoms with van der Waals surface area (Å²) in [5.74, 6) is 0.258. The van der Waals surface area contributed by atoms with Crippen molar-refractivity contribution in [3.05, 3.63) is 44.8 Å². The molecule has 0 aliphatic carbocycles. The fourth-order valence-electron chi connectivity index (χ4n) is 4.03. The van der Waals surface area contributed by atoms with Gasteiger partial charge in [0.1, 0.15) is 22.6 Å². The molecule has 3 aromatic rings. The Balaban J connectivity index is 1.87. The number of phenolic OH excluding ortho intramolecular Hbond substituents is 1. The molecule has 0 bridgehead atoms. The number of hydrogen-bond donors (Lipinski definition) is 1. The summed E-state index contributed by atoms with van der Waals surface area (Å²) in [5, 5.41) is 14.0. The van der Waals surface area contributed by atoms with Gasteiger partial charge in [0.25, 0.3) is 0 Å². The van der Waals surface area contributed by atoms with Gasteiger partial charge in [0.15, 0.2) is 0 Å². The molecule has 5 nitrogen and oxygen atoms in total.